The van der Waals surface area contributed by atoms with E-state index in [9.17, 15) is 14.7 Å². The Morgan fingerprint density at radius 3 is 2.35 bits per heavy atom. The van der Waals surface area contributed by atoms with Crippen molar-refractivity contribution in [3.05, 3.63) is 94.6 Å². The minimum Gasteiger partial charge on any atom is -0.507 e. The molecule has 1 saturated heterocycles. The normalized spacial score (nSPS) is 17.2. The predicted octanol–water partition coefficient (Wildman–Crippen LogP) is 5.34. The van der Waals surface area contributed by atoms with Crippen LogP contribution in [0.3, 0.4) is 0 Å². The lowest BCUT2D eigenvalue weighted by Crippen LogP contribution is -2.29. The van der Waals surface area contributed by atoms with Gasteiger partial charge in [0.05, 0.1) is 25.3 Å². The van der Waals surface area contributed by atoms with Gasteiger partial charge in [0.2, 0.25) is 0 Å². The first kappa shape index (κ1) is 23.1. The monoisotopic (exact) mass is 457 g/mol. The van der Waals surface area contributed by atoms with Crippen LogP contribution in [0.5, 0.6) is 11.5 Å². The van der Waals surface area contributed by atoms with Crippen LogP contribution >= 0.6 is 0 Å². The average Bonchev–Trinajstić information content (AvgIpc) is 3.10. The van der Waals surface area contributed by atoms with Gasteiger partial charge in [0.1, 0.15) is 17.3 Å². The zero-order valence-electron chi connectivity index (χ0n) is 19.7. The van der Waals surface area contributed by atoms with Crippen LogP contribution in [0.1, 0.15) is 35.2 Å². The molecule has 0 aliphatic carbocycles. The fourth-order valence-corrected chi connectivity index (χ4v) is 4.27. The number of benzene rings is 3. The Labute approximate surface area is 199 Å². The Balaban J connectivity index is 1.90. The van der Waals surface area contributed by atoms with E-state index in [0.29, 0.717) is 29.4 Å². The van der Waals surface area contributed by atoms with Gasteiger partial charge in [-0.3, -0.25) is 14.5 Å². The van der Waals surface area contributed by atoms with Crippen LogP contribution < -0.4 is 14.4 Å². The molecular formula is C28H27NO5. The maximum atomic E-state index is 13.3. The molecule has 1 aliphatic heterocycles. The van der Waals surface area contributed by atoms with Crippen molar-refractivity contribution in [2.24, 2.45) is 0 Å². The molecule has 6 heteroatoms. The molecule has 1 N–H and O–H groups in total. The van der Waals surface area contributed by atoms with E-state index in [1.165, 1.54) is 4.90 Å². The quantitative estimate of drug-likeness (QED) is 0.307. The molecule has 0 saturated carbocycles. The Bertz CT molecular complexity index is 1280. The lowest BCUT2D eigenvalue weighted by molar-refractivity contribution is -0.132. The minimum atomic E-state index is -0.778. The SMILES string of the molecule is CCOc1ccc(/C(O)=C2/C(=O)C(=O)N(c3ccc(OC)cc3)C2c2cccc(C)c2)cc1C. The van der Waals surface area contributed by atoms with Crippen molar-refractivity contribution >= 4 is 23.1 Å². The molecule has 0 bridgehead atoms. The van der Waals surface area contributed by atoms with Crippen molar-refractivity contribution in [1.82, 2.24) is 0 Å². The summed E-state index contributed by atoms with van der Waals surface area (Å²) in [4.78, 5) is 28.0. The van der Waals surface area contributed by atoms with Gasteiger partial charge in [-0.05, 0) is 74.4 Å². The van der Waals surface area contributed by atoms with Crippen LogP contribution in [0.4, 0.5) is 5.69 Å². The van der Waals surface area contributed by atoms with Crippen LogP contribution in [-0.4, -0.2) is 30.5 Å². The smallest absolute Gasteiger partial charge is 0.300 e. The summed E-state index contributed by atoms with van der Waals surface area (Å²) in [7, 11) is 1.56. The molecule has 1 fully saturated rings. The Hall–Kier alpha value is -4.06. The standard InChI is InChI=1S/C28H27NO5/c1-5-34-23-14-9-20(16-18(23)3)26(30)24-25(19-8-6-7-17(2)15-19)29(28(32)27(24)31)21-10-12-22(33-4)13-11-21/h6-16,25,30H,5H2,1-4H3/b26-24-. The number of Topliss-reactive ketones (excluding diaryl/α,β-unsaturated/α-hetero) is 1. The highest BCUT2D eigenvalue weighted by Gasteiger charge is 2.47. The van der Waals surface area contributed by atoms with E-state index in [0.717, 1.165) is 16.7 Å². The second kappa shape index (κ2) is 9.43. The number of methoxy groups -OCH3 is 1. The highest BCUT2D eigenvalue weighted by molar-refractivity contribution is 6.51. The molecule has 1 aliphatic rings. The minimum absolute atomic E-state index is 0.0509. The van der Waals surface area contributed by atoms with Gasteiger partial charge in [-0.2, -0.15) is 0 Å². The lowest BCUT2D eigenvalue weighted by Gasteiger charge is -2.26. The van der Waals surface area contributed by atoms with E-state index in [-0.39, 0.29) is 11.3 Å². The van der Waals surface area contributed by atoms with Crippen LogP contribution in [0, 0.1) is 13.8 Å². The number of carbonyl (C=O) groups is 2. The summed E-state index contributed by atoms with van der Waals surface area (Å²) >= 11 is 0. The van der Waals surface area contributed by atoms with Crippen LogP contribution in [-0.2, 0) is 9.59 Å². The van der Waals surface area contributed by atoms with Crippen molar-refractivity contribution < 1.29 is 24.2 Å². The van der Waals surface area contributed by atoms with E-state index in [1.807, 2.05) is 45.0 Å². The molecule has 6 nitrogen and oxygen atoms in total. The Morgan fingerprint density at radius 1 is 1.00 bits per heavy atom. The molecule has 4 rings (SSSR count). The molecule has 1 unspecified atom stereocenters. The van der Waals surface area contributed by atoms with Crippen molar-refractivity contribution in [2.45, 2.75) is 26.8 Å². The lowest BCUT2D eigenvalue weighted by atomic mass is 9.94. The Kier molecular flexibility index (Phi) is 6.41. The molecule has 174 valence electrons. The maximum absolute atomic E-state index is 13.3. The van der Waals surface area contributed by atoms with E-state index in [4.69, 9.17) is 9.47 Å². The number of aliphatic hydroxyl groups excluding tert-OH is 1. The van der Waals surface area contributed by atoms with Crippen molar-refractivity contribution in [3.63, 3.8) is 0 Å². The number of anilines is 1. The molecule has 1 amide bonds. The predicted molar refractivity (Wildman–Crippen MR) is 131 cm³/mol. The third-order valence-corrected chi connectivity index (χ3v) is 5.90. The topological polar surface area (TPSA) is 76.1 Å². The molecule has 3 aromatic carbocycles. The fraction of sp³-hybridized carbons (Fsp3) is 0.214. The molecular weight excluding hydrogens is 430 g/mol. The van der Waals surface area contributed by atoms with Gasteiger partial charge < -0.3 is 14.6 Å². The second-order valence-electron chi connectivity index (χ2n) is 8.19. The molecule has 3 aromatic rings. The van der Waals surface area contributed by atoms with E-state index in [1.54, 1.807) is 49.6 Å². The summed E-state index contributed by atoms with van der Waals surface area (Å²) < 4.78 is 10.8. The molecule has 0 radical (unpaired) electrons. The number of hydrogen-bond acceptors (Lipinski definition) is 5. The Morgan fingerprint density at radius 2 is 1.74 bits per heavy atom. The van der Waals surface area contributed by atoms with Crippen molar-refractivity contribution in [1.29, 1.82) is 0 Å². The number of ketones is 1. The van der Waals surface area contributed by atoms with Crippen LogP contribution in [0.25, 0.3) is 5.76 Å². The summed E-state index contributed by atoms with van der Waals surface area (Å²) in [5, 5.41) is 11.3. The highest BCUT2D eigenvalue weighted by atomic mass is 16.5. The highest BCUT2D eigenvalue weighted by Crippen LogP contribution is 2.42. The van der Waals surface area contributed by atoms with Gasteiger partial charge in [-0.15, -0.1) is 0 Å². The number of aryl methyl sites for hydroxylation is 2. The molecule has 1 atom stereocenters. The largest absolute Gasteiger partial charge is 0.507 e. The van der Waals surface area contributed by atoms with E-state index >= 15 is 0 Å². The number of ether oxygens (including phenoxy) is 2. The number of carbonyl (C=O) groups excluding carboxylic acids is 2. The van der Waals surface area contributed by atoms with E-state index in [2.05, 4.69) is 0 Å². The van der Waals surface area contributed by atoms with Crippen molar-refractivity contribution in [2.75, 3.05) is 18.6 Å². The second-order valence-corrected chi connectivity index (χ2v) is 8.19. The first-order valence-electron chi connectivity index (χ1n) is 11.1. The molecule has 0 spiro atoms. The number of amides is 1. The number of rotatable bonds is 6. The summed E-state index contributed by atoms with van der Waals surface area (Å²) in [6.07, 6.45) is 0. The number of aliphatic hydroxyl groups is 1. The van der Waals surface area contributed by atoms with Crippen molar-refractivity contribution in [3.8, 4) is 11.5 Å². The zero-order valence-corrected chi connectivity index (χ0v) is 19.7. The fourth-order valence-electron chi connectivity index (χ4n) is 4.27. The van der Waals surface area contributed by atoms with E-state index < -0.39 is 17.7 Å². The van der Waals surface area contributed by atoms with Crippen LogP contribution in [0.15, 0.2) is 72.3 Å². The third kappa shape index (κ3) is 4.15. The summed E-state index contributed by atoms with van der Waals surface area (Å²) in [6, 6.07) is 19.0. The van der Waals surface area contributed by atoms with Gasteiger partial charge >= 0.3 is 0 Å². The number of nitrogens with zero attached hydrogens (tertiary/aromatic N) is 1. The average molecular weight is 458 g/mol. The van der Waals surface area contributed by atoms with Gasteiger partial charge in [0.25, 0.3) is 11.7 Å². The first-order valence-corrected chi connectivity index (χ1v) is 11.1. The molecule has 1 heterocycles. The summed E-state index contributed by atoms with van der Waals surface area (Å²) in [5.41, 5.74) is 3.58. The van der Waals surface area contributed by atoms with Gasteiger partial charge in [0, 0.05) is 11.3 Å². The summed E-state index contributed by atoms with van der Waals surface area (Å²) in [5.74, 6) is -0.301. The third-order valence-electron chi connectivity index (χ3n) is 5.90. The maximum Gasteiger partial charge on any atom is 0.300 e. The number of hydrogen-bond donors (Lipinski definition) is 1. The zero-order chi connectivity index (χ0) is 24.4. The molecule has 34 heavy (non-hydrogen) atoms. The summed E-state index contributed by atoms with van der Waals surface area (Å²) in [6.45, 7) is 6.23. The first-order chi connectivity index (χ1) is 16.3. The molecule has 0 aromatic heterocycles. The van der Waals surface area contributed by atoms with Crippen LogP contribution in [0.2, 0.25) is 0 Å². The van der Waals surface area contributed by atoms with Gasteiger partial charge in [-0.1, -0.05) is 29.8 Å². The van der Waals surface area contributed by atoms with Gasteiger partial charge in [-0.25, -0.2) is 0 Å². The van der Waals surface area contributed by atoms with Gasteiger partial charge in [0.15, 0.2) is 0 Å².